The fourth-order valence-electron chi connectivity index (χ4n) is 2.79. The average Bonchev–Trinajstić information content (AvgIpc) is 2.67. The van der Waals surface area contributed by atoms with Gasteiger partial charge in [0.15, 0.2) is 0 Å². The maximum atomic E-state index is 12.4. The number of carbonyl (C=O) groups is 3. The Hall–Kier alpha value is -2.17. The summed E-state index contributed by atoms with van der Waals surface area (Å²) in [5.41, 5.74) is -0.315. The van der Waals surface area contributed by atoms with Crippen molar-refractivity contribution < 1.29 is 14.4 Å². The molecule has 1 aromatic rings. The van der Waals surface area contributed by atoms with E-state index in [1.54, 1.807) is 31.2 Å². The summed E-state index contributed by atoms with van der Waals surface area (Å²) < 4.78 is 0. The smallest absolute Gasteiger partial charge is 0.262 e. The van der Waals surface area contributed by atoms with Crippen LogP contribution in [0.1, 0.15) is 40.5 Å². The molecular formula is C14H14N2O3. The molecule has 1 atom stereocenters. The van der Waals surface area contributed by atoms with E-state index in [2.05, 4.69) is 5.32 Å². The topological polar surface area (TPSA) is 66.5 Å². The highest BCUT2D eigenvalue weighted by molar-refractivity contribution is 6.23. The Morgan fingerprint density at radius 3 is 2.21 bits per heavy atom. The van der Waals surface area contributed by atoms with E-state index >= 15 is 0 Å². The molecular weight excluding hydrogens is 244 g/mol. The molecule has 98 valence electrons. The summed E-state index contributed by atoms with van der Waals surface area (Å²) in [6, 6.07) is 6.69. The van der Waals surface area contributed by atoms with Gasteiger partial charge in [-0.25, -0.2) is 0 Å². The lowest BCUT2D eigenvalue weighted by atomic mass is 9.89. The van der Waals surface area contributed by atoms with E-state index in [0.29, 0.717) is 24.1 Å². The van der Waals surface area contributed by atoms with Gasteiger partial charge < -0.3 is 5.32 Å². The van der Waals surface area contributed by atoms with Crippen LogP contribution in [0.3, 0.4) is 0 Å². The number of benzene rings is 1. The van der Waals surface area contributed by atoms with Gasteiger partial charge in [0.05, 0.1) is 11.1 Å². The van der Waals surface area contributed by atoms with Gasteiger partial charge >= 0.3 is 0 Å². The van der Waals surface area contributed by atoms with E-state index in [-0.39, 0.29) is 17.7 Å². The number of hydrogen-bond donors (Lipinski definition) is 1. The molecule has 3 amide bonds. The number of rotatable bonds is 1. The molecule has 0 radical (unpaired) electrons. The zero-order valence-electron chi connectivity index (χ0n) is 10.6. The van der Waals surface area contributed by atoms with Gasteiger partial charge in [0, 0.05) is 6.54 Å². The highest BCUT2D eigenvalue weighted by atomic mass is 16.2. The van der Waals surface area contributed by atoms with Crippen LogP contribution in [0.5, 0.6) is 0 Å². The largest absolute Gasteiger partial charge is 0.354 e. The number of fused-ring (bicyclic) bond motifs is 1. The highest BCUT2D eigenvalue weighted by Gasteiger charge is 2.51. The first-order valence-corrected chi connectivity index (χ1v) is 6.32. The van der Waals surface area contributed by atoms with E-state index in [0.717, 1.165) is 11.3 Å². The third-order valence-electron chi connectivity index (χ3n) is 3.90. The van der Waals surface area contributed by atoms with E-state index in [4.69, 9.17) is 0 Å². The Morgan fingerprint density at radius 1 is 1.11 bits per heavy atom. The summed E-state index contributed by atoms with van der Waals surface area (Å²) >= 11 is 0. The molecule has 3 rings (SSSR count). The van der Waals surface area contributed by atoms with Crippen molar-refractivity contribution in [2.45, 2.75) is 25.3 Å². The standard InChI is InChI=1S/C14H14N2O3/c1-14(7-4-8-15-13(14)19)16-11(17)9-5-2-3-6-10(9)12(16)18/h2-3,5-6H,4,7-8H2,1H3,(H,15,19). The molecule has 2 aliphatic rings. The summed E-state index contributed by atoms with van der Waals surface area (Å²) in [4.78, 5) is 38.0. The van der Waals surface area contributed by atoms with Gasteiger partial charge in [0.2, 0.25) is 5.91 Å². The van der Waals surface area contributed by atoms with E-state index in [1.165, 1.54) is 0 Å². The normalized spacial score (nSPS) is 26.4. The van der Waals surface area contributed by atoms with E-state index in [9.17, 15) is 14.4 Å². The van der Waals surface area contributed by atoms with Gasteiger partial charge in [-0.05, 0) is 31.9 Å². The molecule has 5 heteroatoms. The van der Waals surface area contributed by atoms with Gasteiger partial charge in [-0.15, -0.1) is 0 Å². The van der Waals surface area contributed by atoms with Crippen molar-refractivity contribution >= 4 is 17.7 Å². The molecule has 2 aliphatic heterocycles. The Bertz CT molecular complexity index is 561. The van der Waals surface area contributed by atoms with Gasteiger partial charge in [-0.3, -0.25) is 19.3 Å². The predicted octanol–water partition coefficient (Wildman–Crippen LogP) is 0.951. The SMILES string of the molecule is CC1(N2C(=O)c3ccccc3C2=O)CCCNC1=O. The van der Waals surface area contributed by atoms with Crippen molar-refractivity contribution in [1.82, 2.24) is 10.2 Å². The Kier molecular flexibility index (Phi) is 2.45. The molecule has 19 heavy (non-hydrogen) atoms. The second kappa shape index (κ2) is 3.91. The Labute approximate surface area is 110 Å². The molecule has 1 unspecified atom stereocenters. The van der Waals surface area contributed by atoms with Crippen LogP contribution < -0.4 is 5.32 Å². The molecule has 0 bridgehead atoms. The lowest BCUT2D eigenvalue weighted by Crippen LogP contribution is -2.61. The van der Waals surface area contributed by atoms with Crippen molar-refractivity contribution in [1.29, 1.82) is 0 Å². The fourth-order valence-corrected chi connectivity index (χ4v) is 2.79. The first-order valence-electron chi connectivity index (χ1n) is 6.32. The van der Waals surface area contributed by atoms with Crippen molar-refractivity contribution in [3.05, 3.63) is 35.4 Å². The number of imide groups is 1. The minimum Gasteiger partial charge on any atom is -0.354 e. The Balaban J connectivity index is 2.06. The third kappa shape index (κ3) is 1.51. The fraction of sp³-hybridized carbons (Fsp3) is 0.357. The quantitative estimate of drug-likeness (QED) is 0.763. The molecule has 0 aromatic heterocycles. The molecule has 0 saturated carbocycles. The van der Waals surface area contributed by atoms with Crippen molar-refractivity contribution in [3.8, 4) is 0 Å². The Morgan fingerprint density at radius 2 is 1.68 bits per heavy atom. The van der Waals surface area contributed by atoms with E-state index in [1.807, 2.05) is 0 Å². The van der Waals surface area contributed by atoms with Gasteiger partial charge in [0.25, 0.3) is 11.8 Å². The van der Waals surface area contributed by atoms with Gasteiger partial charge in [0.1, 0.15) is 5.54 Å². The molecule has 0 spiro atoms. The second-order valence-corrected chi connectivity index (χ2v) is 5.12. The maximum absolute atomic E-state index is 12.4. The maximum Gasteiger partial charge on any atom is 0.262 e. The molecule has 2 heterocycles. The van der Waals surface area contributed by atoms with Crippen LogP contribution in [0.4, 0.5) is 0 Å². The third-order valence-corrected chi connectivity index (χ3v) is 3.90. The lowest BCUT2D eigenvalue weighted by molar-refractivity contribution is -0.132. The van der Waals surface area contributed by atoms with Crippen LogP contribution in [0, 0.1) is 0 Å². The summed E-state index contributed by atoms with van der Waals surface area (Å²) in [5, 5.41) is 2.73. The molecule has 1 aromatic carbocycles. The molecule has 1 saturated heterocycles. The molecule has 5 nitrogen and oxygen atoms in total. The van der Waals surface area contributed by atoms with Crippen LogP contribution >= 0.6 is 0 Å². The molecule has 1 fully saturated rings. The van der Waals surface area contributed by atoms with Crippen LogP contribution in [0.15, 0.2) is 24.3 Å². The number of amides is 3. The van der Waals surface area contributed by atoms with E-state index < -0.39 is 5.54 Å². The van der Waals surface area contributed by atoms with Crippen molar-refractivity contribution in [2.75, 3.05) is 6.54 Å². The zero-order valence-corrected chi connectivity index (χ0v) is 10.6. The predicted molar refractivity (Wildman–Crippen MR) is 67.6 cm³/mol. The highest BCUT2D eigenvalue weighted by Crippen LogP contribution is 2.33. The zero-order chi connectivity index (χ0) is 13.6. The van der Waals surface area contributed by atoms with Gasteiger partial charge in [-0.2, -0.15) is 0 Å². The summed E-state index contributed by atoms with van der Waals surface area (Å²) in [5.74, 6) is -1.01. The van der Waals surface area contributed by atoms with Crippen LogP contribution in [-0.4, -0.2) is 34.7 Å². The number of hydrogen-bond acceptors (Lipinski definition) is 3. The summed E-state index contributed by atoms with van der Waals surface area (Å²) in [6.07, 6.45) is 1.26. The number of nitrogens with one attached hydrogen (secondary N) is 1. The first-order chi connectivity index (χ1) is 9.05. The summed E-state index contributed by atoms with van der Waals surface area (Å²) in [7, 11) is 0. The van der Waals surface area contributed by atoms with Crippen molar-refractivity contribution in [3.63, 3.8) is 0 Å². The first kappa shape index (κ1) is 11.9. The van der Waals surface area contributed by atoms with Crippen molar-refractivity contribution in [2.24, 2.45) is 0 Å². The number of nitrogens with zero attached hydrogens (tertiary/aromatic N) is 1. The lowest BCUT2D eigenvalue weighted by Gasteiger charge is -2.38. The van der Waals surface area contributed by atoms with Gasteiger partial charge in [-0.1, -0.05) is 12.1 Å². The monoisotopic (exact) mass is 258 g/mol. The minimum atomic E-state index is -1.08. The van der Waals surface area contributed by atoms with Crippen LogP contribution in [0.2, 0.25) is 0 Å². The average molecular weight is 258 g/mol. The number of carbonyl (C=O) groups excluding carboxylic acids is 3. The molecule has 0 aliphatic carbocycles. The second-order valence-electron chi connectivity index (χ2n) is 5.12. The van der Waals surface area contributed by atoms with Crippen LogP contribution in [-0.2, 0) is 4.79 Å². The van der Waals surface area contributed by atoms with Crippen LogP contribution in [0.25, 0.3) is 0 Å². The summed E-state index contributed by atoms with van der Waals surface area (Å²) in [6.45, 7) is 2.25. The molecule has 1 N–H and O–H groups in total. The minimum absolute atomic E-state index is 0.256. The number of piperidine rings is 1.